The molecule has 2 aromatic carbocycles. The van der Waals surface area contributed by atoms with Gasteiger partial charge in [-0.3, -0.25) is 10.1 Å². The zero-order chi connectivity index (χ0) is 14.8. The van der Waals surface area contributed by atoms with Gasteiger partial charge in [-0.2, -0.15) is 0 Å². The van der Waals surface area contributed by atoms with Crippen molar-refractivity contribution in [2.45, 2.75) is 0 Å². The quantitative estimate of drug-likeness (QED) is 0.537. The molecule has 0 fully saturated rings. The van der Waals surface area contributed by atoms with Gasteiger partial charge in [-0.1, -0.05) is 39.3 Å². The van der Waals surface area contributed by atoms with E-state index in [0.717, 1.165) is 10.0 Å². The first kappa shape index (κ1) is 13.4. The van der Waals surface area contributed by atoms with Crippen molar-refractivity contribution in [3.63, 3.8) is 0 Å². The summed E-state index contributed by atoms with van der Waals surface area (Å²) in [5.74, 6) is 0. The maximum Gasteiger partial charge on any atom is 0.271 e. The van der Waals surface area contributed by atoms with E-state index in [1.54, 1.807) is 18.3 Å². The van der Waals surface area contributed by atoms with Crippen LogP contribution in [-0.2, 0) is 0 Å². The third-order valence-electron chi connectivity index (χ3n) is 2.92. The number of halogens is 1. The van der Waals surface area contributed by atoms with E-state index in [9.17, 15) is 10.1 Å². The van der Waals surface area contributed by atoms with Crippen LogP contribution in [0.15, 0.2) is 59.2 Å². The van der Waals surface area contributed by atoms with Crippen LogP contribution in [0.1, 0.15) is 0 Å². The first-order valence-corrected chi connectivity index (χ1v) is 6.86. The van der Waals surface area contributed by atoms with Crippen molar-refractivity contribution < 1.29 is 4.92 Å². The molecular weight excluding hydrogens is 336 g/mol. The highest BCUT2D eigenvalue weighted by Crippen LogP contribution is 2.22. The van der Waals surface area contributed by atoms with E-state index in [1.165, 1.54) is 16.8 Å². The van der Waals surface area contributed by atoms with Gasteiger partial charge in [-0.15, -0.1) is 5.10 Å². The van der Waals surface area contributed by atoms with Crippen LogP contribution in [0, 0.1) is 10.1 Å². The number of nitro groups is 1. The van der Waals surface area contributed by atoms with Gasteiger partial charge >= 0.3 is 0 Å². The van der Waals surface area contributed by atoms with Crippen LogP contribution in [0.2, 0.25) is 0 Å². The van der Waals surface area contributed by atoms with Crippen LogP contribution in [0.5, 0.6) is 0 Å². The summed E-state index contributed by atoms with van der Waals surface area (Å²) >= 11 is 3.41. The predicted octanol–water partition coefficient (Wildman–Crippen LogP) is 3.61. The fourth-order valence-corrected chi connectivity index (χ4v) is 2.32. The highest BCUT2D eigenvalue weighted by molar-refractivity contribution is 9.10. The van der Waals surface area contributed by atoms with E-state index >= 15 is 0 Å². The lowest BCUT2D eigenvalue weighted by molar-refractivity contribution is -0.384. The van der Waals surface area contributed by atoms with E-state index in [2.05, 4.69) is 26.2 Å². The summed E-state index contributed by atoms with van der Waals surface area (Å²) in [6.07, 6.45) is 1.74. The van der Waals surface area contributed by atoms with E-state index in [1.807, 2.05) is 24.3 Å². The molecule has 0 unspecified atom stereocenters. The molecule has 0 spiro atoms. The predicted molar refractivity (Wildman–Crippen MR) is 81.1 cm³/mol. The number of hydrogen-bond donors (Lipinski definition) is 0. The zero-order valence-electron chi connectivity index (χ0n) is 10.7. The molecule has 0 bridgehead atoms. The number of nitro benzene ring substituents is 1. The molecule has 0 aliphatic carbocycles. The molecule has 21 heavy (non-hydrogen) atoms. The summed E-state index contributed by atoms with van der Waals surface area (Å²) in [5.41, 5.74) is 2.23. The highest BCUT2D eigenvalue weighted by atomic mass is 79.9. The normalized spacial score (nSPS) is 10.5. The second kappa shape index (κ2) is 5.45. The summed E-state index contributed by atoms with van der Waals surface area (Å²) in [7, 11) is 0. The number of hydrogen-bond acceptors (Lipinski definition) is 4. The summed E-state index contributed by atoms with van der Waals surface area (Å²) in [4.78, 5) is 10.4. The average Bonchev–Trinajstić information content (AvgIpc) is 2.97. The lowest BCUT2D eigenvalue weighted by atomic mass is 10.2. The first-order valence-electron chi connectivity index (χ1n) is 6.06. The topological polar surface area (TPSA) is 73.8 Å². The molecule has 1 aromatic heterocycles. The van der Waals surface area contributed by atoms with Gasteiger partial charge in [0.1, 0.15) is 5.69 Å². The summed E-state index contributed by atoms with van der Waals surface area (Å²) < 4.78 is 2.47. The van der Waals surface area contributed by atoms with Crippen molar-refractivity contribution in [1.29, 1.82) is 0 Å². The monoisotopic (exact) mass is 344 g/mol. The number of aromatic nitrogens is 3. The van der Waals surface area contributed by atoms with Gasteiger partial charge in [0.05, 0.1) is 16.8 Å². The maximum atomic E-state index is 10.8. The molecule has 0 amide bonds. The molecule has 0 atom stereocenters. The van der Waals surface area contributed by atoms with Crippen LogP contribution in [0.3, 0.4) is 0 Å². The van der Waals surface area contributed by atoms with Crippen LogP contribution in [0.25, 0.3) is 16.9 Å². The van der Waals surface area contributed by atoms with Gasteiger partial charge in [-0.05, 0) is 18.2 Å². The van der Waals surface area contributed by atoms with Gasteiger partial charge in [0, 0.05) is 22.2 Å². The largest absolute Gasteiger partial charge is 0.271 e. The molecule has 0 N–H and O–H groups in total. The summed E-state index contributed by atoms with van der Waals surface area (Å²) in [6, 6.07) is 13.9. The standard InChI is InChI=1S/C14H9BrN4O2/c15-11-4-1-3-10(7-11)14-9-18(17-16-14)12-5-2-6-13(8-12)19(20)21/h1-9H. The number of nitrogens with zero attached hydrogens (tertiary/aromatic N) is 4. The molecule has 104 valence electrons. The minimum Gasteiger partial charge on any atom is -0.258 e. The Kier molecular flexibility index (Phi) is 3.49. The van der Waals surface area contributed by atoms with E-state index < -0.39 is 4.92 Å². The van der Waals surface area contributed by atoms with Crippen LogP contribution >= 0.6 is 15.9 Å². The Morgan fingerprint density at radius 1 is 1.14 bits per heavy atom. The Hall–Kier alpha value is -2.54. The molecule has 0 aliphatic rings. The molecule has 3 aromatic rings. The highest BCUT2D eigenvalue weighted by Gasteiger charge is 2.09. The minimum atomic E-state index is -0.435. The van der Waals surface area contributed by atoms with Gasteiger partial charge in [0.25, 0.3) is 5.69 Å². The maximum absolute atomic E-state index is 10.8. The molecule has 7 heteroatoms. The third-order valence-corrected chi connectivity index (χ3v) is 3.41. The Morgan fingerprint density at radius 3 is 2.71 bits per heavy atom. The average molecular weight is 345 g/mol. The van der Waals surface area contributed by atoms with Crippen molar-refractivity contribution in [3.8, 4) is 16.9 Å². The second-order valence-corrected chi connectivity index (χ2v) is 5.25. The van der Waals surface area contributed by atoms with Crippen molar-refractivity contribution in [1.82, 2.24) is 15.0 Å². The second-order valence-electron chi connectivity index (χ2n) is 4.34. The van der Waals surface area contributed by atoms with Crippen LogP contribution < -0.4 is 0 Å². The number of non-ortho nitro benzene ring substituents is 1. The van der Waals surface area contributed by atoms with E-state index in [4.69, 9.17) is 0 Å². The van der Waals surface area contributed by atoms with Crippen molar-refractivity contribution in [3.05, 3.63) is 69.3 Å². The Balaban J connectivity index is 1.98. The van der Waals surface area contributed by atoms with Crippen molar-refractivity contribution in [2.24, 2.45) is 0 Å². The molecule has 1 heterocycles. The lowest BCUT2D eigenvalue weighted by Gasteiger charge is -1.99. The van der Waals surface area contributed by atoms with Crippen LogP contribution in [-0.4, -0.2) is 19.9 Å². The van der Waals surface area contributed by atoms with Crippen LogP contribution in [0.4, 0.5) is 5.69 Å². The molecule has 0 saturated heterocycles. The molecular formula is C14H9BrN4O2. The van der Waals surface area contributed by atoms with Gasteiger partial charge in [0.2, 0.25) is 0 Å². The molecule has 0 aliphatic heterocycles. The van der Waals surface area contributed by atoms with E-state index in [0.29, 0.717) is 11.4 Å². The fraction of sp³-hybridized carbons (Fsp3) is 0. The third kappa shape index (κ3) is 2.82. The Morgan fingerprint density at radius 2 is 1.95 bits per heavy atom. The molecule has 3 rings (SSSR count). The summed E-state index contributed by atoms with van der Waals surface area (Å²) in [6.45, 7) is 0. The van der Waals surface area contributed by atoms with Crippen molar-refractivity contribution in [2.75, 3.05) is 0 Å². The SMILES string of the molecule is O=[N+]([O-])c1cccc(-n2cc(-c3cccc(Br)c3)nn2)c1. The van der Waals surface area contributed by atoms with Gasteiger partial charge in [0.15, 0.2) is 0 Å². The van der Waals surface area contributed by atoms with Gasteiger partial charge in [-0.25, -0.2) is 4.68 Å². The lowest BCUT2D eigenvalue weighted by Crippen LogP contribution is -1.96. The number of rotatable bonds is 3. The van der Waals surface area contributed by atoms with Crippen molar-refractivity contribution >= 4 is 21.6 Å². The molecule has 0 radical (unpaired) electrons. The minimum absolute atomic E-state index is 0.0204. The molecule has 0 saturated carbocycles. The van der Waals surface area contributed by atoms with E-state index in [-0.39, 0.29) is 5.69 Å². The zero-order valence-corrected chi connectivity index (χ0v) is 12.3. The molecule has 6 nitrogen and oxygen atoms in total. The fourth-order valence-electron chi connectivity index (χ4n) is 1.92. The Labute approximate surface area is 128 Å². The summed E-state index contributed by atoms with van der Waals surface area (Å²) in [5, 5.41) is 18.9. The smallest absolute Gasteiger partial charge is 0.258 e. The van der Waals surface area contributed by atoms with Gasteiger partial charge < -0.3 is 0 Å². The first-order chi connectivity index (χ1) is 10.1. The number of benzene rings is 2. The Bertz CT molecular complexity index is 816.